The minimum atomic E-state index is -4.31. The standard InChI is InChI=1S/C18H19F3N4/c1-2-16-24-15(11-22)17-14(23-9-10-25(16)17)8-5-12-3-6-13(7-4-12)18(19,20)21/h3-4,6-7,14,23H,2,5,8-10H2,1H3. The number of nitrogens with one attached hydrogen (secondary N) is 1. The molecular formula is C18H19F3N4. The van der Waals surface area contributed by atoms with Gasteiger partial charge in [-0.05, 0) is 30.5 Å². The Morgan fingerprint density at radius 3 is 2.64 bits per heavy atom. The first-order valence-electron chi connectivity index (χ1n) is 8.33. The quantitative estimate of drug-likeness (QED) is 0.918. The van der Waals surface area contributed by atoms with E-state index in [1.54, 1.807) is 0 Å². The monoisotopic (exact) mass is 348 g/mol. The smallest absolute Gasteiger partial charge is 0.328 e. The van der Waals surface area contributed by atoms with E-state index in [9.17, 15) is 18.4 Å². The first-order valence-corrected chi connectivity index (χ1v) is 8.33. The van der Waals surface area contributed by atoms with Gasteiger partial charge in [0.1, 0.15) is 11.9 Å². The lowest BCUT2D eigenvalue weighted by atomic mass is 9.99. The summed E-state index contributed by atoms with van der Waals surface area (Å²) in [5.74, 6) is 0.910. The third kappa shape index (κ3) is 3.54. The molecule has 0 saturated heterocycles. The summed E-state index contributed by atoms with van der Waals surface area (Å²) in [5.41, 5.74) is 1.56. The van der Waals surface area contributed by atoms with Gasteiger partial charge in [-0.3, -0.25) is 0 Å². The van der Waals surface area contributed by atoms with Crippen molar-refractivity contribution in [3.8, 4) is 6.07 Å². The number of imidazole rings is 1. The molecule has 0 fully saturated rings. The van der Waals surface area contributed by atoms with Crippen LogP contribution in [0.1, 0.15) is 47.7 Å². The molecule has 132 valence electrons. The number of fused-ring (bicyclic) bond motifs is 1. The number of halogens is 3. The highest BCUT2D eigenvalue weighted by Gasteiger charge is 2.30. The van der Waals surface area contributed by atoms with Gasteiger partial charge in [-0.2, -0.15) is 18.4 Å². The van der Waals surface area contributed by atoms with E-state index >= 15 is 0 Å². The topological polar surface area (TPSA) is 53.6 Å². The van der Waals surface area contributed by atoms with Crippen molar-refractivity contribution in [1.29, 1.82) is 5.26 Å². The van der Waals surface area contributed by atoms with Crippen LogP contribution in [-0.4, -0.2) is 16.1 Å². The van der Waals surface area contributed by atoms with Crippen molar-refractivity contribution >= 4 is 0 Å². The fraction of sp³-hybridized carbons (Fsp3) is 0.444. The summed E-state index contributed by atoms with van der Waals surface area (Å²) in [7, 11) is 0. The Labute approximate surface area is 144 Å². The molecule has 0 amide bonds. The van der Waals surface area contributed by atoms with Crippen molar-refractivity contribution in [2.45, 2.75) is 44.9 Å². The lowest BCUT2D eigenvalue weighted by Gasteiger charge is -2.27. The Balaban J connectivity index is 1.75. The molecule has 0 bridgehead atoms. The minimum absolute atomic E-state index is 0.0153. The largest absolute Gasteiger partial charge is 0.416 e. The second-order valence-corrected chi connectivity index (χ2v) is 6.12. The Bertz CT molecular complexity index is 784. The van der Waals surface area contributed by atoms with Gasteiger partial charge in [0.2, 0.25) is 0 Å². The van der Waals surface area contributed by atoms with Crippen molar-refractivity contribution in [2.75, 3.05) is 6.54 Å². The van der Waals surface area contributed by atoms with Crippen LogP contribution < -0.4 is 5.32 Å². The minimum Gasteiger partial charge on any atom is -0.328 e. The normalized spacial score (nSPS) is 17.2. The number of alkyl halides is 3. The maximum atomic E-state index is 12.6. The van der Waals surface area contributed by atoms with E-state index in [0.29, 0.717) is 18.5 Å². The van der Waals surface area contributed by atoms with E-state index in [2.05, 4.69) is 20.9 Å². The maximum Gasteiger partial charge on any atom is 0.416 e. The van der Waals surface area contributed by atoms with Gasteiger partial charge in [-0.25, -0.2) is 4.98 Å². The zero-order valence-electron chi connectivity index (χ0n) is 13.9. The number of nitrogens with zero attached hydrogens (tertiary/aromatic N) is 3. The highest BCUT2D eigenvalue weighted by molar-refractivity contribution is 5.33. The molecule has 1 aliphatic rings. The summed E-state index contributed by atoms with van der Waals surface area (Å²) in [4.78, 5) is 4.41. The zero-order valence-corrected chi connectivity index (χ0v) is 13.9. The van der Waals surface area contributed by atoms with Crippen LogP contribution in [0.3, 0.4) is 0 Å². The molecule has 1 aromatic carbocycles. The molecule has 0 spiro atoms. The Morgan fingerprint density at radius 1 is 1.32 bits per heavy atom. The molecule has 3 rings (SSSR count). The predicted molar refractivity (Wildman–Crippen MR) is 86.8 cm³/mol. The van der Waals surface area contributed by atoms with Gasteiger partial charge in [-0.1, -0.05) is 19.1 Å². The molecule has 0 radical (unpaired) electrons. The van der Waals surface area contributed by atoms with Crippen molar-refractivity contribution in [1.82, 2.24) is 14.9 Å². The fourth-order valence-corrected chi connectivity index (χ4v) is 3.33. The zero-order chi connectivity index (χ0) is 18.0. The maximum absolute atomic E-state index is 12.6. The number of nitriles is 1. The van der Waals surface area contributed by atoms with Gasteiger partial charge in [0.05, 0.1) is 17.3 Å². The van der Waals surface area contributed by atoms with Crippen molar-refractivity contribution in [3.63, 3.8) is 0 Å². The molecule has 7 heteroatoms. The first-order chi connectivity index (χ1) is 11.9. The number of hydrogen-bond donors (Lipinski definition) is 1. The average molecular weight is 348 g/mol. The molecule has 1 aromatic heterocycles. The molecule has 1 N–H and O–H groups in total. The third-order valence-electron chi connectivity index (χ3n) is 4.57. The average Bonchev–Trinajstić information content (AvgIpc) is 2.98. The van der Waals surface area contributed by atoms with Crippen LogP contribution in [0.15, 0.2) is 24.3 Å². The van der Waals surface area contributed by atoms with Crippen LogP contribution in [0.25, 0.3) is 0 Å². The molecule has 2 aromatic rings. The van der Waals surface area contributed by atoms with Gasteiger partial charge < -0.3 is 9.88 Å². The predicted octanol–water partition coefficient (Wildman–Crippen LogP) is 3.61. The van der Waals surface area contributed by atoms with Crippen molar-refractivity contribution in [3.05, 3.63) is 52.6 Å². The van der Waals surface area contributed by atoms with Crippen LogP contribution in [-0.2, 0) is 25.6 Å². The third-order valence-corrected chi connectivity index (χ3v) is 4.57. The van der Waals surface area contributed by atoms with Gasteiger partial charge in [0.25, 0.3) is 0 Å². The van der Waals surface area contributed by atoms with Crippen LogP contribution in [0.5, 0.6) is 0 Å². The molecule has 0 aliphatic carbocycles. The van der Waals surface area contributed by atoms with Gasteiger partial charge in [-0.15, -0.1) is 0 Å². The molecular weight excluding hydrogens is 329 g/mol. The molecule has 1 atom stereocenters. The fourth-order valence-electron chi connectivity index (χ4n) is 3.33. The molecule has 2 heterocycles. The second kappa shape index (κ2) is 6.89. The Kier molecular flexibility index (Phi) is 4.82. The van der Waals surface area contributed by atoms with E-state index in [0.717, 1.165) is 48.7 Å². The molecule has 25 heavy (non-hydrogen) atoms. The van der Waals surface area contributed by atoms with Crippen LogP contribution in [0, 0.1) is 11.3 Å². The van der Waals surface area contributed by atoms with E-state index in [4.69, 9.17) is 0 Å². The highest BCUT2D eigenvalue weighted by atomic mass is 19.4. The number of benzene rings is 1. The SMILES string of the molecule is CCc1nc(C#N)c2n1CCNC2CCc1ccc(C(F)(F)F)cc1. The number of aromatic nitrogens is 2. The lowest BCUT2D eigenvalue weighted by molar-refractivity contribution is -0.137. The molecule has 1 unspecified atom stereocenters. The summed E-state index contributed by atoms with van der Waals surface area (Å²) in [5, 5.41) is 12.8. The van der Waals surface area contributed by atoms with Crippen LogP contribution in [0.4, 0.5) is 13.2 Å². The van der Waals surface area contributed by atoms with E-state index in [1.807, 2.05) is 6.92 Å². The Hall–Kier alpha value is -2.33. The van der Waals surface area contributed by atoms with E-state index < -0.39 is 11.7 Å². The van der Waals surface area contributed by atoms with Crippen molar-refractivity contribution < 1.29 is 13.2 Å². The number of aryl methyl sites for hydroxylation is 2. The molecule has 0 saturated carbocycles. The molecule has 4 nitrogen and oxygen atoms in total. The number of rotatable bonds is 4. The summed E-state index contributed by atoms with van der Waals surface area (Å²) in [6.07, 6.45) is -2.21. The summed E-state index contributed by atoms with van der Waals surface area (Å²) >= 11 is 0. The van der Waals surface area contributed by atoms with Gasteiger partial charge in [0, 0.05) is 19.5 Å². The first kappa shape index (κ1) is 17.5. The highest BCUT2D eigenvalue weighted by Crippen LogP contribution is 2.30. The van der Waals surface area contributed by atoms with Crippen LogP contribution in [0.2, 0.25) is 0 Å². The summed E-state index contributed by atoms with van der Waals surface area (Å²) in [6, 6.07) is 7.42. The van der Waals surface area contributed by atoms with E-state index in [1.165, 1.54) is 12.1 Å². The summed E-state index contributed by atoms with van der Waals surface area (Å²) in [6.45, 7) is 3.58. The van der Waals surface area contributed by atoms with Crippen molar-refractivity contribution in [2.24, 2.45) is 0 Å². The second-order valence-electron chi connectivity index (χ2n) is 6.12. The van der Waals surface area contributed by atoms with Gasteiger partial charge in [0.15, 0.2) is 5.69 Å². The van der Waals surface area contributed by atoms with Gasteiger partial charge >= 0.3 is 6.18 Å². The number of hydrogen-bond acceptors (Lipinski definition) is 3. The van der Waals surface area contributed by atoms with E-state index in [-0.39, 0.29) is 6.04 Å². The Morgan fingerprint density at radius 2 is 2.04 bits per heavy atom. The molecule has 1 aliphatic heterocycles. The lowest BCUT2D eigenvalue weighted by Crippen LogP contribution is -2.34. The summed E-state index contributed by atoms with van der Waals surface area (Å²) < 4.78 is 40.0. The van der Waals surface area contributed by atoms with Crippen LogP contribution >= 0.6 is 0 Å².